The Balaban J connectivity index is 1.80. The lowest BCUT2D eigenvalue weighted by Gasteiger charge is -2.15. The number of amides is 2. The Labute approximate surface area is 142 Å². The van der Waals surface area contributed by atoms with Gasteiger partial charge in [0, 0.05) is 17.4 Å². The van der Waals surface area contributed by atoms with Crippen LogP contribution in [-0.2, 0) is 16.1 Å². The molecule has 0 aliphatic heterocycles. The van der Waals surface area contributed by atoms with Gasteiger partial charge in [0.2, 0.25) is 11.8 Å². The van der Waals surface area contributed by atoms with Crippen LogP contribution in [0.1, 0.15) is 30.3 Å². The third-order valence-corrected chi connectivity index (χ3v) is 3.61. The number of carbonyl (C=O) groups excluding carboxylic acids is 2. The molecular formula is C18H24N4O2. The van der Waals surface area contributed by atoms with Crippen molar-refractivity contribution in [2.45, 2.75) is 46.7 Å². The van der Waals surface area contributed by atoms with Crippen LogP contribution in [0.2, 0.25) is 0 Å². The highest BCUT2D eigenvalue weighted by Gasteiger charge is 2.14. The lowest BCUT2D eigenvalue weighted by atomic mass is 10.2. The minimum atomic E-state index is -0.324. The Hall–Kier alpha value is -2.63. The fraction of sp³-hybridized carbons (Fsp3) is 0.389. The molecule has 6 nitrogen and oxygen atoms in total. The number of rotatable bonds is 6. The summed E-state index contributed by atoms with van der Waals surface area (Å²) < 4.78 is 1.85. The third-order valence-electron chi connectivity index (χ3n) is 3.61. The fourth-order valence-corrected chi connectivity index (χ4v) is 2.48. The second-order valence-electron chi connectivity index (χ2n) is 6.17. The van der Waals surface area contributed by atoms with Crippen LogP contribution in [0.15, 0.2) is 30.3 Å². The van der Waals surface area contributed by atoms with Crippen LogP contribution in [0, 0.1) is 20.8 Å². The maximum Gasteiger partial charge on any atom is 0.233 e. The number of nitrogens with zero attached hydrogens (tertiary/aromatic N) is 2. The summed E-state index contributed by atoms with van der Waals surface area (Å²) >= 11 is 0. The number of nitrogens with one attached hydrogen (secondary N) is 2. The van der Waals surface area contributed by atoms with Gasteiger partial charge in [-0.1, -0.05) is 17.7 Å². The van der Waals surface area contributed by atoms with Crippen LogP contribution >= 0.6 is 0 Å². The van der Waals surface area contributed by atoms with Crippen LogP contribution in [-0.4, -0.2) is 27.6 Å². The van der Waals surface area contributed by atoms with Gasteiger partial charge in [-0.3, -0.25) is 14.3 Å². The molecule has 0 aliphatic carbocycles. The first-order valence-electron chi connectivity index (χ1n) is 8.00. The van der Waals surface area contributed by atoms with Gasteiger partial charge in [0.05, 0.1) is 12.2 Å². The van der Waals surface area contributed by atoms with Gasteiger partial charge in [0.1, 0.15) is 6.42 Å². The Bertz CT molecular complexity index is 719. The van der Waals surface area contributed by atoms with E-state index in [-0.39, 0.29) is 24.3 Å². The van der Waals surface area contributed by atoms with Gasteiger partial charge in [-0.05, 0) is 45.9 Å². The third kappa shape index (κ3) is 5.22. The Morgan fingerprint density at radius 3 is 2.38 bits per heavy atom. The van der Waals surface area contributed by atoms with E-state index in [4.69, 9.17) is 0 Å². The van der Waals surface area contributed by atoms with Gasteiger partial charge in [0.15, 0.2) is 0 Å². The SMILES string of the molecule is Cc1ccc(NC(=O)CC(=O)N[C@H](C)Cn2nc(C)cc2C)cc1. The number of benzene rings is 1. The van der Waals surface area contributed by atoms with Crippen LogP contribution in [0.4, 0.5) is 5.69 Å². The zero-order chi connectivity index (χ0) is 17.7. The highest BCUT2D eigenvalue weighted by Crippen LogP contribution is 2.09. The van der Waals surface area contributed by atoms with Gasteiger partial charge in [0.25, 0.3) is 0 Å². The molecule has 6 heteroatoms. The van der Waals surface area contributed by atoms with Crippen molar-refractivity contribution in [3.63, 3.8) is 0 Å². The van der Waals surface area contributed by atoms with Gasteiger partial charge >= 0.3 is 0 Å². The molecule has 0 bridgehead atoms. The van der Waals surface area contributed by atoms with Crippen LogP contribution in [0.3, 0.4) is 0 Å². The maximum atomic E-state index is 12.0. The number of aromatic nitrogens is 2. The quantitative estimate of drug-likeness (QED) is 0.799. The van der Waals surface area contributed by atoms with Crippen LogP contribution in [0.5, 0.6) is 0 Å². The molecule has 2 aromatic rings. The van der Waals surface area contributed by atoms with Gasteiger partial charge < -0.3 is 10.6 Å². The second kappa shape index (κ2) is 7.77. The summed E-state index contributed by atoms with van der Waals surface area (Å²) in [6.45, 7) is 8.35. The summed E-state index contributed by atoms with van der Waals surface area (Å²) in [6.07, 6.45) is -0.199. The van der Waals surface area contributed by atoms with Crippen molar-refractivity contribution in [3.8, 4) is 0 Å². The fourth-order valence-electron chi connectivity index (χ4n) is 2.48. The minimum absolute atomic E-state index is 0.109. The first-order valence-corrected chi connectivity index (χ1v) is 8.00. The monoisotopic (exact) mass is 328 g/mol. The lowest BCUT2D eigenvalue weighted by molar-refractivity contribution is -0.127. The Kier molecular flexibility index (Phi) is 5.73. The van der Waals surface area contributed by atoms with Crippen LogP contribution in [0.25, 0.3) is 0 Å². The highest BCUT2D eigenvalue weighted by molar-refractivity contribution is 6.03. The van der Waals surface area contributed by atoms with Crippen molar-refractivity contribution in [2.75, 3.05) is 5.32 Å². The van der Waals surface area contributed by atoms with Crippen molar-refractivity contribution in [2.24, 2.45) is 0 Å². The molecule has 2 rings (SSSR count). The molecule has 1 aromatic heterocycles. The smallest absolute Gasteiger partial charge is 0.233 e. The van der Waals surface area contributed by atoms with Crippen molar-refractivity contribution < 1.29 is 9.59 Å². The van der Waals surface area contributed by atoms with Crippen molar-refractivity contribution in [3.05, 3.63) is 47.3 Å². The number of carbonyl (C=O) groups is 2. The van der Waals surface area contributed by atoms with E-state index >= 15 is 0 Å². The number of aryl methyl sites for hydroxylation is 3. The van der Waals surface area contributed by atoms with E-state index in [1.54, 1.807) is 0 Å². The zero-order valence-electron chi connectivity index (χ0n) is 14.6. The first kappa shape index (κ1) is 17.7. The summed E-state index contributed by atoms with van der Waals surface area (Å²) in [5.41, 5.74) is 3.80. The Morgan fingerprint density at radius 1 is 1.12 bits per heavy atom. The minimum Gasteiger partial charge on any atom is -0.351 e. The molecule has 1 heterocycles. The molecule has 0 radical (unpaired) electrons. The molecule has 1 atom stereocenters. The molecule has 2 amide bonds. The predicted octanol–water partition coefficient (Wildman–Crippen LogP) is 2.34. The average Bonchev–Trinajstić information content (AvgIpc) is 2.78. The van der Waals surface area contributed by atoms with E-state index in [2.05, 4.69) is 15.7 Å². The van der Waals surface area contributed by atoms with E-state index < -0.39 is 0 Å². The number of hydrogen-bond acceptors (Lipinski definition) is 3. The molecule has 0 saturated heterocycles. The maximum absolute atomic E-state index is 12.0. The lowest BCUT2D eigenvalue weighted by Crippen LogP contribution is -2.37. The molecule has 1 aromatic carbocycles. The standard InChI is InChI=1S/C18H24N4O2/c1-12-5-7-16(8-6-12)20-18(24)10-17(23)19-14(3)11-22-15(4)9-13(2)21-22/h5-9,14H,10-11H2,1-4H3,(H,19,23)(H,20,24)/t14-/m1/s1. The summed E-state index contributed by atoms with van der Waals surface area (Å²) in [5.74, 6) is -0.622. The van der Waals surface area contributed by atoms with Crippen LogP contribution < -0.4 is 10.6 Å². The molecular weight excluding hydrogens is 304 g/mol. The molecule has 0 unspecified atom stereocenters. The zero-order valence-corrected chi connectivity index (χ0v) is 14.6. The molecule has 0 saturated carbocycles. The summed E-state index contributed by atoms with van der Waals surface area (Å²) in [4.78, 5) is 23.9. The van der Waals surface area contributed by atoms with Crippen molar-refractivity contribution in [1.82, 2.24) is 15.1 Å². The number of anilines is 1. The topological polar surface area (TPSA) is 76.0 Å². The van der Waals surface area contributed by atoms with E-state index in [9.17, 15) is 9.59 Å². The highest BCUT2D eigenvalue weighted by atomic mass is 16.2. The summed E-state index contributed by atoms with van der Waals surface area (Å²) in [6, 6.07) is 9.33. The van der Waals surface area contributed by atoms with Gasteiger partial charge in [-0.25, -0.2) is 0 Å². The van der Waals surface area contributed by atoms with Crippen molar-refractivity contribution in [1.29, 1.82) is 0 Å². The van der Waals surface area contributed by atoms with E-state index in [1.165, 1.54) is 0 Å². The predicted molar refractivity (Wildman–Crippen MR) is 93.7 cm³/mol. The summed E-state index contributed by atoms with van der Waals surface area (Å²) in [5, 5.41) is 9.92. The largest absolute Gasteiger partial charge is 0.351 e. The molecule has 2 N–H and O–H groups in total. The van der Waals surface area contributed by atoms with Crippen molar-refractivity contribution >= 4 is 17.5 Å². The van der Waals surface area contributed by atoms with E-state index in [1.807, 2.05) is 62.7 Å². The first-order chi connectivity index (χ1) is 11.3. The average molecular weight is 328 g/mol. The normalized spacial score (nSPS) is 11.8. The van der Waals surface area contributed by atoms with E-state index in [0.717, 1.165) is 17.0 Å². The molecule has 0 aliphatic rings. The molecule has 0 fully saturated rings. The molecule has 24 heavy (non-hydrogen) atoms. The number of hydrogen-bond donors (Lipinski definition) is 2. The Morgan fingerprint density at radius 2 is 1.79 bits per heavy atom. The molecule has 0 spiro atoms. The van der Waals surface area contributed by atoms with E-state index in [0.29, 0.717) is 12.2 Å². The van der Waals surface area contributed by atoms with Gasteiger partial charge in [-0.2, -0.15) is 5.10 Å². The second-order valence-corrected chi connectivity index (χ2v) is 6.17. The summed E-state index contributed by atoms with van der Waals surface area (Å²) in [7, 11) is 0. The molecule has 128 valence electrons. The van der Waals surface area contributed by atoms with Gasteiger partial charge in [-0.15, -0.1) is 0 Å².